The molecular formula is C24H23N3O4. The van der Waals surface area contributed by atoms with Crippen molar-refractivity contribution in [1.29, 1.82) is 0 Å². The van der Waals surface area contributed by atoms with Crippen LogP contribution in [0, 0.1) is 0 Å². The number of benzene rings is 2. The lowest BCUT2D eigenvalue weighted by atomic mass is 10.0. The molecule has 0 radical (unpaired) electrons. The van der Waals surface area contributed by atoms with Crippen LogP contribution >= 0.6 is 0 Å². The first-order valence-corrected chi connectivity index (χ1v) is 10.2. The summed E-state index contributed by atoms with van der Waals surface area (Å²) in [5, 5.41) is 5.86. The van der Waals surface area contributed by atoms with Gasteiger partial charge < -0.3 is 20.1 Å². The van der Waals surface area contributed by atoms with Gasteiger partial charge in [-0.3, -0.25) is 14.6 Å². The molecule has 2 N–H and O–H groups in total. The van der Waals surface area contributed by atoms with E-state index >= 15 is 0 Å². The number of aromatic nitrogens is 1. The smallest absolute Gasteiger partial charge is 0.257 e. The van der Waals surface area contributed by atoms with Crippen molar-refractivity contribution < 1.29 is 19.1 Å². The summed E-state index contributed by atoms with van der Waals surface area (Å²) in [5.41, 5.74) is 2.39. The highest BCUT2D eigenvalue weighted by molar-refractivity contribution is 6.05. The molecule has 2 amide bonds. The number of hydrogen-bond donors (Lipinski definition) is 2. The maximum atomic E-state index is 12.9. The SMILES string of the molecule is CCC(NC(=O)c1cccc(NC(=O)c2cccnc2)c1)c1ccc2c(c1)OCCO2. The van der Waals surface area contributed by atoms with Gasteiger partial charge in [0.2, 0.25) is 0 Å². The quantitative estimate of drug-likeness (QED) is 0.633. The van der Waals surface area contributed by atoms with Crippen molar-refractivity contribution >= 4 is 17.5 Å². The maximum absolute atomic E-state index is 12.9. The first kappa shape index (κ1) is 20.4. The van der Waals surface area contributed by atoms with Gasteiger partial charge in [0.05, 0.1) is 11.6 Å². The van der Waals surface area contributed by atoms with E-state index in [0.29, 0.717) is 47.9 Å². The number of nitrogens with zero attached hydrogens (tertiary/aromatic N) is 1. The highest BCUT2D eigenvalue weighted by atomic mass is 16.6. The van der Waals surface area contributed by atoms with Crippen LogP contribution in [0.1, 0.15) is 45.7 Å². The molecule has 0 aliphatic carbocycles. The average Bonchev–Trinajstić information content (AvgIpc) is 2.82. The summed E-state index contributed by atoms with van der Waals surface area (Å²) in [4.78, 5) is 29.2. The van der Waals surface area contributed by atoms with Crippen molar-refractivity contribution in [2.24, 2.45) is 0 Å². The molecule has 0 bridgehead atoms. The third-order valence-corrected chi connectivity index (χ3v) is 4.99. The van der Waals surface area contributed by atoms with Gasteiger partial charge >= 0.3 is 0 Å². The molecule has 158 valence electrons. The second kappa shape index (κ2) is 9.30. The van der Waals surface area contributed by atoms with E-state index in [1.54, 1.807) is 42.6 Å². The van der Waals surface area contributed by atoms with Gasteiger partial charge in [0.1, 0.15) is 13.2 Å². The van der Waals surface area contributed by atoms with Crippen molar-refractivity contribution in [3.05, 3.63) is 83.7 Å². The molecule has 0 saturated heterocycles. The number of rotatable bonds is 6. The number of nitrogens with one attached hydrogen (secondary N) is 2. The Hall–Kier alpha value is -3.87. The van der Waals surface area contributed by atoms with E-state index in [2.05, 4.69) is 15.6 Å². The summed E-state index contributed by atoms with van der Waals surface area (Å²) in [7, 11) is 0. The predicted octanol–water partition coefficient (Wildman–Crippen LogP) is 3.99. The Kier molecular flexibility index (Phi) is 6.12. The topological polar surface area (TPSA) is 89.6 Å². The van der Waals surface area contributed by atoms with Crippen molar-refractivity contribution in [2.45, 2.75) is 19.4 Å². The normalized spacial score (nSPS) is 13.2. The van der Waals surface area contributed by atoms with Crippen LogP contribution in [0.2, 0.25) is 0 Å². The number of amides is 2. The van der Waals surface area contributed by atoms with Crippen molar-refractivity contribution in [2.75, 3.05) is 18.5 Å². The zero-order valence-electron chi connectivity index (χ0n) is 17.1. The van der Waals surface area contributed by atoms with Crippen molar-refractivity contribution in [3.63, 3.8) is 0 Å². The molecule has 0 spiro atoms. The van der Waals surface area contributed by atoms with Gasteiger partial charge in [-0.25, -0.2) is 0 Å². The number of carbonyl (C=O) groups is 2. The second-order valence-electron chi connectivity index (χ2n) is 7.11. The Labute approximate surface area is 180 Å². The first-order chi connectivity index (χ1) is 15.1. The number of fused-ring (bicyclic) bond motifs is 1. The lowest BCUT2D eigenvalue weighted by molar-refractivity contribution is 0.0934. The zero-order valence-corrected chi connectivity index (χ0v) is 17.1. The Morgan fingerprint density at radius 1 is 0.968 bits per heavy atom. The Morgan fingerprint density at radius 3 is 2.55 bits per heavy atom. The molecule has 1 unspecified atom stereocenters. The number of carbonyl (C=O) groups excluding carboxylic acids is 2. The fourth-order valence-electron chi connectivity index (χ4n) is 3.38. The molecule has 1 aromatic heterocycles. The van der Waals surface area contributed by atoms with Gasteiger partial charge in [0.25, 0.3) is 11.8 Å². The molecule has 3 aromatic rings. The Bertz CT molecular complexity index is 1090. The van der Waals surface area contributed by atoms with Crippen LogP contribution in [0.3, 0.4) is 0 Å². The van der Waals surface area contributed by atoms with Crippen molar-refractivity contribution in [1.82, 2.24) is 10.3 Å². The van der Waals surface area contributed by atoms with E-state index in [-0.39, 0.29) is 17.9 Å². The first-order valence-electron chi connectivity index (χ1n) is 10.2. The van der Waals surface area contributed by atoms with Crippen LogP contribution < -0.4 is 20.1 Å². The van der Waals surface area contributed by atoms with Gasteiger partial charge in [-0.05, 0) is 54.4 Å². The molecule has 0 fully saturated rings. The minimum absolute atomic E-state index is 0.183. The van der Waals surface area contributed by atoms with Crippen LogP contribution in [0.25, 0.3) is 0 Å². The molecular weight excluding hydrogens is 394 g/mol. The maximum Gasteiger partial charge on any atom is 0.257 e. The van der Waals surface area contributed by atoms with Gasteiger partial charge in [0.15, 0.2) is 11.5 Å². The number of anilines is 1. The van der Waals surface area contributed by atoms with Gasteiger partial charge in [-0.15, -0.1) is 0 Å². The monoisotopic (exact) mass is 417 g/mol. The fourth-order valence-corrected chi connectivity index (χ4v) is 3.38. The van der Waals surface area contributed by atoms with Gasteiger partial charge in [-0.1, -0.05) is 19.1 Å². The third kappa shape index (κ3) is 4.83. The van der Waals surface area contributed by atoms with E-state index in [4.69, 9.17) is 9.47 Å². The van der Waals surface area contributed by atoms with E-state index in [1.165, 1.54) is 6.20 Å². The highest BCUT2D eigenvalue weighted by Crippen LogP contribution is 2.33. The van der Waals surface area contributed by atoms with Gasteiger partial charge in [0, 0.05) is 23.6 Å². The summed E-state index contributed by atoms with van der Waals surface area (Å²) in [6, 6.07) is 15.7. The molecule has 7 heteroatoms. The Morgan fingerprint density at radius 2 is 1.77 bits per heavy atom. The molecule has 1 aliphatic rings. The van der Waals surface area contributed by atoms with E-state index < -0.39 is 0 Å². The molecule has 1 atom stereocenters. The number of ether oxygens (including phenoxy) is 2. The lowest BCUT2D eigenvalue weighted by Gasteiger charge is -2.22. The van der Waals surface area contributed by atoms with E-state index in [9.17, 15) is 9.59 Å². The summed E-state index contributed by atoms with van der Waals surface area (Å²) in [5.74, 6) is 0.900. The molecule has 2 heterocycles. The van der Waals surface area contributed by atoms with Crippen LogP contribution in [-0.2, 0) is 0 Å². The molecule has 2 aromatic carbocycles. The lowest BCUT2D eigenvalue weighted by Crippen LogP contribution is -2.28. The number of hydrogen-bond acceptors (Lipinski definition) is 5. The van der Waals surface area contributed by atoms with Crippen LogP contribution in [0.5, 0.6) is 11.5 Å². The molecule has 1 aliphatic heterocycles. The minimum Gasteiger partial charge on any atom is -0.486 e. The summed E-state index contributed by atoms with van der Waals surface area (Å²) >= 11 is 0. The summed E-state index contributed by atoms with van der Waals surface area (Å²) in [6.45, 7) is 3.05. The highest BCUT2D eigenvalue weighted by Gasteiger charge is 2.18. The molecule has 0 saturated carbocycles. The standard InChI is InChI=1S/C24H23N3O4/c1-2-20(16-8-9-21-22(14-16)31-12-11-30-21)27-23(28)17-5-3-7-19(13-17)26-24(29)18-6-4-10-25-15-18/h3-10,13-15,20H,2,11-12H2,1H3,(H,26,29)(H,27,28). The van der Waals surface area contributed by atoms with Gasteiger partial charge in [-0.2, -0.15) is 0 Å². The van der Waals surface area contributed by atoms with E-state index in [1.807, 2.05) is 25.1 Å². The minimum atomic E-state index is -0.284. The van der Waals surface area contributed by atoms with Crippen LogP contribution in [0.15, 0.2) is 67.0 Å². The van der Waals surface area contributed by atoms with Crippen LogP contribution in [-0.4, -0.2) is 30.0 Å². The molecule has 7 nitrogen and oxygen atoms in total. The zero-order chi connectivity index (χ0) is 21.6. The fraction of sp³-hybridized carbons (Fsp3) is 0.208. The Balaban J connectivity index is 1.46. The largest absolute Gasteiger partial charge is 0.486 e. The van der Waals surface area contributed by atoms with E-state index in [0.717, 1.165) is 5.56 Å². The predicted molar refractivity (Wildman–Crippen MR) is 117 cm³/mol. The third-order valence-electron chi connectivity index (χ3n) is 4.99. The van der Waals surface area contributed by atoms with Crippen molar-refractivity contribution in [3.8, 4) is 11.5 Å². The second-order valence-corrected chi connectivity index (χ2v) is 7.11. The molecule has 4 rings (SSSR count). The summed E-state index contributed by atoms with van der Waals surface area (Å²) < 4.78 is 11.2. The molecule has 31 heavy (non-hydrogen) atoms. The number of pyridine rings is 1. The average molecular weight is 417 g/mol. The summed E-state index contributed by atoms with van der Waals surface area (Å²) in [6.07, 6.45) is 3.81. The van der Waals surface area contributed by atoms with Crippen LogP contribution in [0.4, 0.5) is 5.69 Å².